The Balaban J connectivity index is 1.84. The van der Waals surface area contributed by atoms with E-state index in [1.54, 1.807) is 24.3 Å². The molecule has 0 saturated carbocycles. The first-order valence-electron chi connectivity index (χ1n) is 10.3. The van der Waals surface area contributed by atoms with Crippen LogP contribution in [0.2, 0.25) is 0 Å². The average Bonchev–Trinajstić information content (AvgIpc) is 3.32. The summed E-state index contributed by atoms with van der Waals surface area (Å²) in [5.41, 5.74) is 5.70. The van der Waals surface area contributed by atoms with Crippen LogP contribution in [0, 0.1) is 5.41 Å². The molecular formula is C21H22F3N7O2S. The average molecular weight is 494 g/mol. The fourth-order valence-corrected chi connectivity index (χ4v) is 5.22. The zero-order valence-corrected chi connectivity index (χ0v) is 18.7. The Hall–Kier alpha value is -3.16. The first-order chi connectivity index (χ1) is 15.9. The molecular weight excluding hydrogens is 471 g/mol. The fraction of sp³-hybridized carbons (Fsp3) is 0.333. The van der Waals surface area contributed by atoms with E-state index >= 15 is 0 Å². The summed E-state index contributed by atoms with van der Waals surface area (Å²) in [5, 5.41) is 20.0. The number of nitrogens with zero attached hydrogens (tertiary/aromatic N) is 4. The minimum atomic E-state index is -4.97. The van der Waals surface area contributed by atoms with Gasteiger partial charge < -0.3 is 10.6 Å². The van der Waals surface area contributed by atoms with E-state index in [9.17, 15) is 21.6 Å². The van der Waals surface area contributed by atoms with Crippen molar-refractivity contribution < 1.29 is 21.6 Å². The van der Waals surface area contributed by atoms with Gasteiger partial charge in [0.15, 0.2) is 12.5 Å². The Kier molecular flexibility index (Phi) is 6.04. The SMILES string of the molecule is N=CN1CCC(N)(c2ccc(-c3ccc(C(F)(F)F)c(S(N)(=O)=O)c3C3=NCN=N3)cc2)CC1. The summed E-state index contributed by atoms with van der Waals surface area (Å²) in [4.78, 5) is 4.73. The molecule has 0 unspecified atom stereocenters. The van der Waals surface area contributed by atoms with Crippen LogP contribution in [-0.2, 0) is 21.7 Å². The number of amidine groups is 1. The van der Waals surface area contributed by atoms with Crippen molar-refractivity contribution in [3.8, 4) is 11.1 Å². The molecule has 0 amide bonds. The molecule has 2 aliphatic heterocycles. The highest BCUT2D eigenvalue weighted by Gasteiger charge is 2.40. The number of aliphatic imine (C=N–C) groups is 1. The second-order valence-electron chi connectivity index (χ2n) is 8.17. The number of nitrogens with one attached hydrogen (secondary N) is 1. The van der Waals surface area contributed by atoms with Gasteiger partial charge in [0.05, 0.1) is 11.9 Å². The van der Waals surface area contributed by atoms with E-state index in [4.69, 9.17) is 16.3 Å². The number of piperidine rings is 1. The number of hydrogen-bond acceptors (Lipinski definition) is 7. The second kappa shape index (κ2) is 8.56. The maximum absolute atomic E-state index is 13.7. The number of sulfonamides is 1. The third kappa shape index (κ3) is 4.45. The number of alkyl halides is 3. The van der Waals surface area contributed by atoms with Crippen LogP contribution in [0.25, 0.3) is 11.1 Å². The van der Waals surface area contributed by atoms with Gasteiger partial charge in [0, 0.05) is 24.2 Å². The molecule has 180 valence electrons. The number of azo groups is 1. The molecule has 1 fully saturated rings. The maximum atomic E-state index is 13.7. The van der Waals surface area contributed by atoms with Crippen LogP contribution in [0.5, 0.6) is 0 Å². The highest BCUT2D eigenvalue weighted by molar-refractivity contribution is 7.89. The molecule has 2 aliphatic rings. The molecule has 0 radical (unpaired) electrons. The van der Waals surface area contributed by atoms with Crippen molar-refractivity contribution in [3.63, 3.8) is 0 Å². The van der Waals surface area contributed by atoms with Crippen LogP contribution in [0.3, 0.4) is 0 Å². The van der Waals surface area contributed by atoms with Crippen LogP contribution in [0.15, 0.2) is 56.5 Å². The zero-order valence-electron chi connectivity index (χ0n) is 17.9. The van der Waals surface area contributed by atoms with E-state index in [1.807, 2.05) is 4.90 Å². The summed E-state index contributed by atoms with van der Waals surface area (Å²) >= 11 is 0. The molecule has 0 spiro atoms. The normalized spacial score (nSPS) is 18.1. The lowest BCUT2D eigenvalue weighted by Gasteiger charge is -2.38. The summed E-state index contributed by atoms with van der Waals surface area (Å²) < 4.78 is 65.7. The minimum absolute atomic E-state index is 0.128. The van der Waals surface area contributed by atoms with Crippen molar-refractivity contribution in [3.05, 3.63) is 53.1 Å². The molecule has 0 bridgehead atoms. The highest BCUT2D eigenvalue weighted by atomic mass is 32.2. The smallest absolute Gasteiger partial charge is 0.363 e. The third-order valence-corrected chi connectivity index (χ3v) is 7.06. The van der Waals surface area contributed by atoms with Gasteiger partial charge in [-0.05, 0) is 35.6 Å². The van der Waals surface area contributed by atoms with Crippen molar-refractivity contribution in [1.82, 2.24) is 4.90 Å². The number of primary sulfonamides is 1. The number of likely N-dealkylation sites (tertiary alicyclic amines) is 1. The van der Waals surface area contributed by atoms with Gasteiger partial charge in [-0.25, -0.2) is 18.5 Å². The largest absolute Gasteiger partial charge is 0.417 e. The van der Waals surface area contributed by atoms with Crippen molar-refractivity contribution in [2.75, 3.05) is 19.8 Å². The standard InChI is InChI=1S/C21H22F3N7O2S/c22-21(23,24)16-6-5-15(17(18(16)34(27,32)33)19-28-12-29-30-19)13-1-3-14(4-2-13)20(26)7-9-31(11-25)10-8-20/h1-6,11,25H,7-10,12,26H2,(H2,27,32,33). The Labute approximate surface area is 193 Å². The Morgan fingerprint density at radius 3 is 2.24 bits per heavy atom. The van der Waals surface area contributed by atoms with Crippen LogP contribution < -0.4 is 10.9 Å². The zero-order chi connectivity index (χ0) is 24.7. The topological polar surface area (TPSA) is 150 Å². The molecule has 0 aromatic heterocycles. The number of halogens is 3. The van der Waals surface area contributed by atoms with Gasteiger partial charge in [-0.2, -0.15) is 18.3 Å². The molecule has 34 heavy (non-hydrogen) atoms. The maximum Gasteiger partial charge on any atom is 0.417 e. The molecule has 9 nitrogen and oxygen atoms in total. The molecule has 0 aliphatic carbocycles. The van der Waals surface area contributed by atoms with Crippen LogP contribution in [-0.4, -0.2) is 45.3 Å². The van der Waals surface area contributed by atoms with Crippen LogP contribution in [0.1, 0.15) is 29.5 Å². The van der Waals surface area contributed by atoms with Gasteiger partial charge in [0.1, 0.15) is 4.90 Å². The Morgan fingerprint density at radius 1 is 1.09 bits per heavy atom. The summed E-state index contributed by atoms with van der Waals surface area (Å²) in [6.07, 6.45) is -2.44. The predicted octanol–water partition coefficient (Wildman–Crippen LogP) is 3.05. The van der Waals surface area contributed by atoms with Gasteiger partial charge in [0.2, 0.25) is 10.0 Å². The van der Waals surface area contributed by atoms with Crippen molar-refractivity contribution in [1.29, 1.82) is 5.41 Å². The molecule has 2 aromatic rings. The van der Waals surface area contributed by atoms with Crippen LogP contribution in [0.4, 0.5) is 13.2 Å². The van der Waals surface area contributed by atoms with Crippen molar-refractivity contribution in [2.24, 2.45) is 26.1 Å². The highest BCUT2D eigenvalue weighted by Crippen LogP contribution is 2.40. The number of benzene rings is 2. The summed E-state index contributed by atoms with van der Waals surface area (Å²) in [7, 11) is -4.80. The van der Waals surface area contributed by atoms with E-state index < -0.39 is 32.2 Å². The molecule has 5 N–H and O–H groups in total. The minimum Gasteiger partial charge on any atom is -0.363 e. The molecule has 13 heteroatoms. The monoisotopic (exact) mass is 493 g/mol. The van der Waals surface area contributed by atoms with Crippen LogP contribution >= 0.6 is 0 Å². The van der Waals surface area contributed by atoms with Gasteiger partial charge in [-0.1, -0.05) is 30.3 Å². The molecule has 1 saturated heterocycles. The fourth-order valence-electron chi connectivity index (χ4n) is 4.24. The van der Waals surface area contributed by atoms with Gasteiger partial charge >= 0.3 is 6.18 Å². The first-order valence-corrected chi connectivity index (χ1v) is 11.8. The number of rotatable bonds is 5. The van der Waals surface area contributed by atoms with E-state index in [0.717, 1.165) is 5.56 Å². The lowest BCUT2D eigenvalue weighted by Crippen LogP contribution is -2.47. The lowest BCUT2D eigenvalue weighted by atomic mass is 9.81. The molecule has 4 rings (SSSR count). The predicted molar refractivity (Wildman–Crippen MR) is 120 cm³/mol. The third-order valence-electron chi connectivity index (χ3n) is 6.06. The number of hydrogen-bond donors (Lipinski definition) is 3. The molecule has 2 heterocycles. The van der Waals surface area contributed by atoms with Gasteiger partial charge in [-0.15, -0.1) is 5.11 Å². The van der Waals surface area contributed by atoms with E-state index in [0.29, 0.717) is 37.6 Å². The van der Waals surface area contributed by atoms with E-state index in [1.165, 1.54) is 12.4 Å². The van der Waals surface area contributed by atoms with Crippen molar-refractivity contribution >= 4 is 22.2 Å². The number of nitrogens with two attached hydrogens (primary N) is 2. The summed E-state index contributed by atoms with van der Waals surface area (Å²) in [5.74, 6) is -0.233. The van der Waals surface area contributed by atoms with Gasteiger partial charge in [-0.3, -0.25) is 5.41 Å². The van der Waals surface area contributed by atoms with Crippen molar-refractivity contribution in [2.45, 2.75) is 29.5 Å². The van der Waals surface area contributed by atoms with E-state index in [-0.39, 0.29) is 23.6 Å². The Morgan fingerprint density at radius 2 is 1.74 bits per heavy atom. The summed E-state index contributed by atoms with van der Waals surface area (Å²) in [6, 6.07) is 8.74. The molecule has 0 atom stereocenters. The van der Waals surface area contributed by atoms with E-state index in [2.05, 4.69) is 15.2 Å². The Bertz CT molecular complexity index is 1280. The lowest BCUT2D eigenvalue weighted by molar-refractivity contribution is -0.139. The van der Waals surface area contributed by atoms with Gasteiger partial charge in [0.25, 0.3) is 0 Å². The molecule has 2 aromatic carbocycles. The second-order valence-corrected chi connectivity index (χ2v) is 9.67. The quantitative estimate of drug-likeness (QED) is 0.433. The summed E-state index contributed by atoms with van der Waals surface area (Å²) in [6.45, 7) is 1.14. The first kappa shape index (κ1) is 24.0.